The normalized spacial score (nSPS) is 24.3. The molecule has 0 spiro atoms. The quantitative estimate of drug-likeness (QED) is 0.855. The molecule has 1 N–H and O–H groups in total. The lowest BCUT2D eigenvalue weighted by Crippen LogP contribution is -2.26. The predicted octanol–water partition coefficient (Wildman–Crippen LogP) is 2.89. The number of nitrogens with one attached hydrogen (secondary N) is 1. The minimum absolute atomic E-state index is 0.221. The molecule has 0 saturated carbocycles. The highest BCUT2D eigenvalue weighted by atomic mass is 79.9. The highest BCUT2D eigenvalue weighted by Gasteiger charge is 2.25. The topological polar surface area (TPSA) is 46.5 Å². The number of piperidine rings is 1. The largest absolute Gasteiger partial charge is 0.392 e. The fourth-order valence-corrected chi connectivity index (χ4v) is 4.04. The lowest BCUT2D eigenvalue weighted by Gasteiger charge is -2.20. The summed E-state index contributed by atoms with van der Waals surface area (Å²) < 4.78 is 0. The fraction of sp³-hybridized carbons (Fsp3) is 0.692. The minimum Gasteiger partial charge on any atom is -0.392 e. The Labute approximate surface area is 125 Å². The second-order valence-electron chi connectivity index (χ2n) is 5.04. The van der Waals surface area contributed by atoms with Gasteiger partial charge in [-0.1, -0.05) is 21.1 Å². The van der Waals surface area contributed by atoms with Crippen molar-refractivity contribution in [2.75, 3.05) is 18.4 Å². The summed E-state index contributed by atoms with van der Waals surface area (Å²) in [4.78, 5) is 10.2. The maximum Gasteiger partial charge on any atom is 0.134 e. The molecule has 6 heteroatoms. The molecule has 4 nitrogen and oxygen atoms in total. The van der Waals surface area contributed by atoms with Gasteiger partial charge in [0.25, 0.3) is 0 Å². The number of oxime groups is 1. The molecule has 1 fully saturated rings. The van der Waals surface area contributed by atoms with Gasteiger partial charge in [-0.2, -0.15) is 0 Å². The highest BCUT2D eigenvalue weighted by molar-refractivity contribution is 9.09. The van der Waals surface area contributed by atoms with E-state index < -0.39 is 0 Å². The summed E-state index contributed by atoms with van der Waals surface area (Å²) in [5.74, 6) is 0.626. The van der Waals surface area contributed by atoms with E-state index in [-0.39, 0.29) is 6.10 Å². The Hall–Kier alpha value is -0.460. The maximum atomic E-state index is 5.43. The molecule has 3 heterocycles. The average Bonchev–Trinajstić information content (AvgIpc) is 3.08. The van der Waals surface area contributed by atoms with Gasteiger partial charge in [0.2, 0.25) is 0 Å². The number of hydrogen-bond donors (Lipinski definition) is 1. The first-order chi connectivity index (χ1) is 9.36. The second-order valence-corrected chi connectivity index (χ2v) is 6.73. The van der Waals surface area contributed by atoms with E-state index in [4.69, 9.17) is 9.82 Å². The van der Waals surface area contributed by atoms with Crippen molar-refractivity contribution in [2.45, 2.75) is 37.7 Å². The van der Waals surface area contributed by atoms with Crippen LogP contribution in [0.15, 0.2) is 10.5 Å². The van der Waals surface area contributed by atoms with Crippen LogP contribution in [0.2, 0.25) is 0 Å². The van der Waals surface area contributed by atoms with Gasteiger partial charge in [-0.3, -0.25) is 0 Å². The Morgan fingerprint density at radius 2 is 2.26 bits per heavy atom. The molecular weight excluding hydrogens is 326 g/mol. The van der Waals surface area contributed by atoms with Gasteiger partial charge in [0.1, 0.15) is 11.8 Å². The lowest BCUT2D eigenvalue weighted by atomic mass is 9.99. The second kappa shape index (κ2) is 6.33. The van der Waals surface area contributed by atoms with Crippen LogP contribution in [0.4, 0.5) is 0 Å². The lowest BCUT2D eigenvalue weighted by molar-refractivity contribution is 0.0840. The first-order valence-corrected chi connectivity index (χ1v) is 8.82. The van der Waals surface area contributed by atoms with Crippen molar-refractivity contribution >= 4 is 33.0 Å². The molecular formula is C13H18BrN3OS. The van der Waals surface area contributed by atoms with Gasteiger partial charge in [0.05, 0.1) is 10.7 Å². The molecule has 19 heavy (non-hydrogen) atoms. The van der Waals surface area contributed by atoms with E-state index in [9.17, 15) is 0 Å². The standard InChI is InChI=1S/C13H18BrN3OS/c14-4-1-10-7-11(17-18-10)12-8-19-13(16-12)9-2-5-15-6-3-9/h8-10,15H,1-7H2. The molecule has 1 atom stereocenters. The number of aromatic nitrogens is 1. The summed E-state index contributed by atoms with van der Waals surface area (Å²) in [5, 5.41) is 11.9. The van der Waals surface area contributed by atoms with Crippen LogP contribution < -0.4 is 5.32 Å². The van der Waals surface area contributed by atoms with E-state index in [1.807, 2.05) is 0 Å². The molecule has 1 aromatic heterocycles. The van der Waals surface area contributed by atoms with Crippen molar-refractivity contribution in [3.05, 3.63) is 16.1 Å². The molecule has 1 saturated heterocycles. The maximum absolute atomic E-state index is 5.43. The molecule has 0 radical (unpaired) electrons. The molecule has 3 rings (SSSR count). The van der Waals surface area contributed by atoms with Gasteiger partial charge in [-0.15, -0.1) is 11.3 Å². The molecule has 0 amide bonds. The van der Waals surface area contributed by atoms with E-state index in [0.29, 0.717) is 5.92 Å². The molecule has 1 unspecified atom stereocenters. The van der Waals surface area contributed by atoms with Crippen LogP contribution in [0.25, 0.3) is 0 Å². The zero-order valence-corrected chi connectivity index (χ0v) is 13.2. The van der Waals surface area contributed by atoms with Crippen LogP contribution >= 0.6 is 27.3 Å². The smallest absolute Gasteiger partial charge is 0.134 e. The van der Waals surface area contributed by atoms with E-state index in [1.165, 1.54) is 17.8 Å². The number of rotatable bonds is 4. The van der Waals surface area contributed by atoms with Crippen LogP contribution in [0.1, 0.15) is 42.3 Å². The number of alkyl halides is 1. The third-order valence-corrected chi connectivity index (χ3v) is 5.14. The monoisotopic (exact) mass is 343 g/mol. The van der Waals surface area contributed by atoms with Crippen molar-refractivity contribution in [2.24, 2.45) is 5.16 Å². The van der Waals surface area contributed by atoms with E-state index in [0.717, 1.165) is 42.7 Å². The summed E-state index contributed by atoms with van der Waals surface area (Å²) in [6.07, 6.45) is 4.50. The van der Waals surface area contributed by atoms with Crippen LogP contribution in [-0.2, 0) is 4.84 Å². The minimum atomic E-state index is 0.221. The molecule has 104 valence electrons. The fourth-order valence-electron chi connectivity index (χ4n) is 2.53. The third-order valence-electron chi connectivity index (χ3n) is 3.67. The van der Waals surface area contributed by atoms with Gasteiger partial charge < -0.3 is 10.2 Å². The van der Waals surface area contributed by atoms with Gasteiger partial charge in [-0.25, -0.2) is 4.98 Å². The van der Waals surface area contributed by atoms with Crippen LogP contribution in [0.5, 0.6) is 0 Å². The molecule has 1 aromatic rings. The summed E-state index contributed by atoms with van der Waals surface area (Å²) in [6, 6.07) is 0. The van der Waals surface area contributed by atoms with E-state index in [1.54, 1.807) is 11.3 Å². The summed E-state index contributed by atoms with van der Waals surface area (Å²) in [5.41, 5.74) is 2.04. The predicted molar refractivity (Wildman–Crippen MR) is 81.4 cm³/mol. The molecule has 0 aromatic carbocycles. The van der Waals surface area contributed by atoms with Crippen LogP contribution in [-0.4, -0.2) is 35.2 Å². The van der Waals surface area contributed by atoms with Crippen molar-refractivity contribution in [3.8, 4) is 0 Å². The molecule has 2 aliphatic rings. The van der Waals surface area contributed by atoms with Gasteiger partial charge in [-0.05, 0) is 32.4 Å². The van der Waals surface area contributed by atoms with Crippen molar-refractivity contribution in [3.63, 3.8) is 0 Å². The Kier molecular flexibility index (Phi) is 4.50. The first kappa shape index (κ1) is 13.5. The SMILES string of the molecule is BrCCC1CC(c2csc(C3CCNCC3)n2)=NO1. The first-order valence-electron chi connectivity index (χ1n) is 6.82. The summed E-state index contributed by atoms with van der Waals surface area (Å²) >= 11 is 5.21. The van der Waals surface area contributed by atoms with E-state index >= 15 is 0 Å². The van der Waals surface area contributed by atoms with Gasteiger partial charge in [0.15, 0.2) is 0 Å². The van der Waals surface area contributed by atoms with Gasteiger partial charge >= 0.3 is 0 Å². The Balaban J connectivity index is 1.65. The van der Waals surface area contributed by atoms with Crippen molar-refractivity contribution in [1.29, 1.82) is 0 Å². The van der Waals surface area contributed by atoms with Crippen LogP contribution in [0.3, 0.4) is 0 Å². The van der Waals surface area contributed by atoms with E-state index in [2.05, 4.69) is 31.8 Å². The average molecular weight is 344 g/mol. The Morgan fingerprint density at radius 1 is 1.42 bits per heavy atom. The van der Waals surface area contributed by atoms with Crippen molar-refractivity contribution < 1.29 is 4.84 Å². The number of hydrogen-bond acceptors (Lipinski definition) is 5. The molecule has 0 aliphatic carbocycles. The molecule has 0 bridgehead atoms. The Bertz CT molecular complexity index is 456. The summed E-state index contributed by atoms with van der Waals surface area (Å²) in [6.45, 7) is 2.22. The van der Waals surface area contributed by atoms with Gasteiger partial charge in [0, 0.05) is 23.0 Å². The number of halogens is 1. The number of thiazole rings is 1. The highest BCUT2D eigenvalue weighted by Crippen LogP contribution is 2.29. The van der Waals surface area contributed by atoms with Crippen LogP contribution in [0, 0.1) is 0 Å². The zero-order chi connectivity index (χ0) is 13.1. The zero-order valence-electron chi connectivity index (χ0n) is 10.8. The van der Waals surface area contributed by atoms with Crippen molar-refractivity contribution in [1.82, 2.24) is 10.3 Å². The number of nitrogens with zero attached hydrogens (tertiary/aromatic N) is 2. The molecule has 2 aliphatic heterocycles. The Morgan fingerprint density at radius 3 is 3.05 bits per heavy atom. The summed E-state index contributed by atoms with van der Waals surface area (Å²) in [7, 11) is 0. The third kappa shape index (κ3) is 3.17.